The van der Waals surface area contributed by atoms with Gasteiger partial charge in [-0.05, 0) is 42.7 Å². The SMILES string of the molecule is CCc1cccc(Nc2ncc(OC)cc2C)c1. The zero-order valence-corrected chi connectivity index (χ0v) is 11.0. The highest BCUT2D eigenvalue weighted by atomic mass is 16.5. The molecule has 94 valence electrons. The summed E-state index contributed by atoms with van der Waals surface area (Å²) in [4.78, 5) is 4.36. The first-order valence-corrected chi connectivity index (χ1v) is 6.09. The Balaban J connectivity index is 2.22. The molecule has 0 fully saturated rings. The summed E-state index contributed by atoms with van der Waals surface area (Å²) in [5.41, 5.74) is 3.44. The van der Waals surface area contributed by atoms with Gasteiger partial charge in [0.05, 0.1) is 13.3 Å². The minimum absolute atomic E-state index is 0.778. The topological polar surface area (TPSA) is 34.2 Å². The number of aromatic nitrogens is 1. The molecule has 0 saturated carbocycles. The van der Waals surface area contributed by atoms with E-state index in [9.17, 15) is 0 Å². The summed E-state index contributed by atoms with van der Waals surface area (Å²) in [5.74, 6) is 1.64. The molecule has 1 N–H and O–H groups in total. The molecule has 1 aromatic carbocycles. The lowest BCUT2D eigenvalue weighted by Crippen LogP contribution is -1.97. The zero-order valence-electron chi connectivity index (χ0n) is 11.0. The predicted molar refractivity (Wildman–Crippen MR) is 74.6 cm³/mol. The van der Waals surface area contributed by atoms with Crippen LogP contribution in [0.4, 0.5) is 11.5 Å². The zero-order chi connectivity index (χ0) is 13.0. The van der Waals surface area contributed by atoms with Crippen LogP contribution in [-0.2, 0) is 6.42 Å². The van der Waals surface area contributed by atoms with Crippen molar-refractivity contribution in [1.29, 1.82) is 0 Å². The monoisotopic (exact) mass is 242 g/mol. The molecule has 0 unspecified atom stereocenters. The van der Waals surface area contributed by atoms with Gasteiger partial charge in [0.2, 0.25) is 0 Å². The summed E-state index contributed by atoms with van der Waals surface area (Å²) >= 11 is 0. The highest BCUT2D eigenvalue weighted by Crippen LogP contribution is 2.22. The number of benzene rings is 1. The van der Waals surface area contributed by atoms with Crippen molar-refractivity contribution in [2.75, 3.05) is 12.4 Å². The molecule has 0 spiro atoms. The third-order valence-electron chi connectivity index (χ3n) is 2.89. The molecule has 1 aromatic heterocycles. The lowest BCUT2D eigenvalue weighted by atomic mass is 10.1. The number of aryl methyl sites for hydroxylation is 2. The van der Waals surface area contributed by atoms with Gasteiger partial charge in [0.1, 0.15) is 11.6 Å². The normalized spacial score (nSPS) is 10.2. The first-order valence-electron chi connectivity index (χ1n) is 6.09. The minimum atomic E-state index is 0.778. The van der Waals surface area contributed by atoms with Gasteiger partial charge in [0, 0.05) is 5.69 Å². The summed E-state index contributed by atoms with van der Waals surface area (Å²) in [7, 11) is 1.65. The van der Waals surface area contributed by atoms with Crippen molar-refractivity contribution in [2.24, 2.45) is 0 Å². The average Bonchev–Trinajstić information content (AvgIpc) is 2.41. The number of nitrogens with one attached hydrogen (secondary N) is 1. The van der Waals surface area contributed by atoms with Crippen LogP contribution in [0.15, 0.2) is 36.5 Å². The predicted octanol–water partition coefficient (Wildman–Crippen LogP) is 3.70. The van der Waals surface area contributed by atoms with Gasteiger partial charge in [0.15, 0.2) is 0 Å². The van der Waals surface area contributed by atoms with Crippen LogP contribution in [0, 0.1) is 6.92 Å². The smallest absolute Gasteiger partial charge is 0.137 e. The highest BCUT2D eigenvalue weighted by Gasteiger charge is 2.03. The average molecular weight is 242 g/mol. The number of hydrogen-bond acceptors (Lipinski definition) is 3. The van der Waals surface area contributed by atoms with Crippen LogP contribution in [0.3, 0.4) is 0 Å². The van der Waals surface area contributed by atoms with Crippen LogP contribution in [0.2, 0.25) is 0 Å². The van der Waals surface area contributed by atoms with Crippen molar-refractivity contribution in [1.82, 2.24) is 4.98 Å². The molecule has 3 heteroatoms. The van der Waals surface area contributed by atoms with E-state index in [1.54, 1.807) is 13.3 Å². The Hall–Kier alpha value is -2.03. The van der Waals surface area contributed by atoms with Crippen LogP contribution in [0.1, 0.15) is 18.1 Å². The molecule has 0 radical (unpaired) electrons. The Morgan fingerprint density at radius 1 is 1.28 bits per heavy atom. The fourth-order valence-electron chi connectivity index (χ4n) is 1.80. The summed E-state index contributed by atoms with van der Waals surface area (Å²) in [6, 6.07) is 10.3. The van der Waals surface area contributed by atoms with Crippen LogP contribution in [-0.4, -0.2) is 12.1 Å². The van der Waals surface area contributed by atoms with E-state index in [1.165, 1.54) is 5.56 Å². The highest BCUT2D eigenvalue weighted by molar-refractivity contribution is 5.60. The number of hydrogen-bond donors (Lipinski definition) is 1. The summed E-state index contributed by atoms with van der Waals surface area (Å²) in [5, 5.41) is 3.33. The van der Waals surface area contributed by atoms with E-state index in [2.05, 4.69) is 35.4 Å². The Bertz CT molecular complexity index is 538. The van der Waals surface area contributed by atoms with E-state index in [1.807, 2.05) is 19.1 Å². The number of rotatable bonds is 4. The van der Waals surface area contributed by atoms with E-state index in [4.69, 9.17) is 4.74 Å². The first-order chi connectivity index (χ1) is 8.72. The Morgan fingerprint density at radius 3 is 2.78 bits per heavy atom. The third kappa shape index (κ3) is 2.80. The van der Waals surface area contributed by atoms with Crippen molar-refractivity contribution in [2.45, 2.75) is 20.3 Å². The van der Waals surface area contributed by atoms with Crippen molar-refractivity contribution >= 4 is 11.5 Å². The molecule has 0 aliphatic heterocycles. The quantitative estimate of drug-likeness (QED) is 0.887. The van der Waals surface area contributed by atoms with Crippen LogP contribution in [0.25, 0.3) is 0 Å². The van der Waals surface area contributed by atoms with E-state index < -0.39 is 0 Å². The lowest BCUT2D eigenvalue weighted by molar-refractivity contribution is 0.412. The molecular formula is C15H18N2O. The summed E-state index contributed by atoms with van der Waals surface area (Å²) in [6.07, 6.45) is 2.75. The second kappa shape index (κ2) is 5.54. The van der Waals surface area contributed by atoms with Crippen molar-refractivity contribution in [3.63, 3.8) is 0 Å². The molecule has 0 aliphatic rings. The van der Waals surface area contributed by atoms with Gasteiger partial charge in [-0.25, -0.2) is 4.98 Å². The van der Waals surface area contributed by atoms with Gasteiger partial charge >= 0.3 is 0 Å². The third-order valence-corrected chi connectivity index (χ3v) is 2.89. The van der Waals surface area contributed by atoms with Gasteiger partial charge in [-0.15, -0.1) is 0 Å². The number of nitrogens with zero attached hydrogens (tertiary/aromatic N) is 1. The molecule has 0 atom stereocenters. The molecule has 0 aliphatic carbocycles. The molecule has 18 heavy (non-hydrogen) atoms. The molecule has 0 bridgehead atoms. The molecule has 2 rings (SSSR count). The van der Waals surface area contributed by atoms with Crippen molar-refractivity contribution in [3.8, 4) is 5.75 Å². The number of anilines is 2. The number of ether oxygens (including phenoxy) is 1. The maximum absolute atomic E-state index is 5.15. The standard InChI is InChI=1S/C15H18N2O/c1-4-12-6-5-7-13(9-12)17-15-11(2)8-14(18-3)10-16-15/h5-10H,4H2,1-3H3,(H,16,17). The molecule has 0 saturated heterocycles. The Morgan fingerprint density at radius 2 is 2.11 bits per heavy atom. The lowest BCUT2D eigenvalue weighted by Gasteiger charge is -2.10. The van der Waals surface area contributed by atoms with Gasteiger partial charge < -0.3 is 10.1 Å². The molecule has 0 amide bonds. The molecular weight excluding hydrogens is 224 g/mol. The van der Waals surface area contributed by atoms with Gasteiger partial charge in [-0.3, -0.25) is 0 Å². The Labute approximate surface area is 108 Å². The minimum Gasteiger partial charge on any atom is -0.495 e. The molecule has 2 aromatic rings. The second-order valence-corrected chi connectivity index (χ2v) is 4.22. The fraction of sp³-hybridized carbons (Fsp3) is 0.267. The summed E-state index contributed by atoms with van der Waals surface area (Å²) in [6.45, 7) is 4.16. The first kappa shape index (κ1) is 12.4. The van der Waals surface area contributed by atoms with E-state index in [0.29, 0.717) is 0 Å². The van der Waals surface area contributed by atoms with Gasteiger partial charge in [0.25, 0.3) is 0 Å². The maximum Gasteiger partial charge on any atom is 0.137 e. The molecule has 3 nitrogen and oxygen atoms in total. The van der Waals surface area contributed by atoms with Crippen LogP contribution < -0.4 is 10.1 Å². The summed E-state index contributed by atoms with van der Waals surface area (Å²) < 4.78 is 5.15. The largest absolute Gasteiger partial charge is 0.495 e. The Kier molecular flexibility index (Phi) is 3.82. The number of methoxy groups -OCH3 is 1. The van der Waals surface area contributed by atoms with E-state index in [0.717, 1.165) is 29.2 Å². The van der Waals surface area contributed by atoms with E-state index >= 15 is 0 Å². The van der Waals surface area contributed by atoms with Crippen molar-refractivity contribution in [3.05, 3.63) is 47.7 Å². The van der Waals surface area contributed by atoms with Crippen molar-refractivity contribution < 1.29 is 4.74 Å². The van der Waals surface area contributed by atoms with Gasteiger partial charge in [-0.2, -0.15) is 0 Å². The van der Waals surface area contributed by atoms with Crippen LogP contribution in [0.5, 0.6) is 5.75 Å². The van der Waals surface area contributed by atoms with Gasteiger partial charge in [-0.1, -0.05) is 19.1 Å². The molecule has 1 heterocycles. The van der Waals surface area contributed by atoms with Crippen LogP contribution >= 0.6 is 0 Å². The number of pyridine rings is 1. The maximum atomic E-state index is 5.15. The fourth-order valence-corrected chi connectivity index (χ4v) is 1.80. The van der Waals surface area contributed by atoms with E-state index in [-0.39, 0.29) is 0 Å². The second-order valence-electron chi connectivity index (χ2n) is 4.22.